The number of hydrogen-bond donors (Lipinski definition) is 1. The largest absolute Gasteiger partial charge is 0.497 e. The quantitative estimate of drug-likeness (QED) is 0.708. The third-order valence-electron chi connectivity index (χ3n) is 4.18. The highest BCUT2D eigenvalue weighted by molar-refractivity contribution is 9.10. The minimum atomic E-state index is -0.397. The summed E-state index contributed by atoms with van der Waals surface area (Å²) in [5.41, 5.74) is 1.17. The highest BCUT2D eigenvalue weighted by Crippen LogP contribution is 2.29. The van der Waals surface area contributed by atoms with Gasteiger partial charge in [-0.2, -0.15) is 0 Å². The molecule has 0 atom stereocenters. The predicted octanol–water partition coefficient (Wildman–Crippen LogP) is 3.09. The van der Waals surface area contributed by atoms with Gasteiger partial charge in [-0.15, -0.1) is 0 Å². The van der Waals surface area contributed by atoms with Crippen LogP contribution in [-0.2, 0) is 4.79 Å². The van der Waals surface area contributed by atoms with Crippen molar-refractivity contribution in [3.05, 3.63) is 52.0 Å². The average molecular weight is 433 g/mol. The van der Waals surface area contributed by atoms with Crippen LogP contribution < -0.4 is 14.8 Å². The van der Waals surface area contributed by atoms with E-state index in [0.29, 0.717) is 32.8 Å². The van der Waals surface area contributed by atoms with Crippen molar-refractivity contribution < 1.29 is 23.9 Å². The first kappa shape index (κ1) is 18.9. The maximum atomic E-state index is 12.4. The molecule has 8 heteroatoms. The molecule has 0 saturated carbocycles. The van der Waals surface area contributed by atoms with Crippen LogP contribution in [0.2, 0.25) is 0 Å². The van der Waals surface area contributed by atoms with Crippen molar-refractivity contribution >= 4 is 39.3 Å². The van der Waals surface area contributed by atoms with Crippen LogP contribution in [0.25, 0.3) is 0 Å². The first-order valence-electron chi connectivity index (χ1n) is 8.12. The number of halogens is 1. The van der Waals surface area contributed by atoms with E-state index in [0.717, 1.165) is 4.90 Å². The number of benzene rings is 2. The topological polar surface area (TPSA) is 84.9 Å². The highest BCUT2D eigenvalue weighted by atomic mass is 79.9. The zero-order valence-corrected chi connectivity index (χ0v) is 16.3. The molecule has 3 rings (SSSR count). The number of hydrogen-bond acceptors (Lipinski definition) is 5. The van der Waals surface area contributed by atoms with Gasteiger partial charge in [-0.3, -0.25) is 19.3 Å². The van der Waals surface area contributed by atoms with Gasteiger partial charge >= 0.3 is 0 Å². The third-order valence-corrected chi connectivity index (χ3v) is 4.67. The molecular weight excluding hydrogens is 416 g/mol. The SMILES string of the molecule is COc1ccc(NC(=O)CCN2C(=O)c3ccc(Br)cc3C2=O)c(OC)c1. The first-order valence-corrected chi connectivity index (χ1v) is 8.91. The van der Waals surface area contributed by atoms with E-state index in [1.54, 1.807) is 36.4 Å². The molecule has 0 aromatic heterocycles. The van der Waals surface area contributed by atoms with Crippen LogP contribution in [-0.4, -0.2) is 43.4 Å². The van der Waals surface area contributed by atoms with E-state index in [2.05, 4.69) is 21.2 Å². The van der Waals surface area contributed by atoms with Crippen molar-refractivity contribution in [1.82, 2.24) is 4.90 Å². The number of imide groups is 1. The Bertz CT molecular complexity index is 928. The van der Waals surface area contributed by atoms with Gasteiger partial charge in [-0.05, 0) is 30.3 Å². The first-order chi connectivity index (χ1) is 12.9. The maximum Gasteiger partial charge on any atom is 0.261 e. The second-order valence-electron chi connectivity index (χ2n) is 5.82. The van der Waals surface area contributed by atoms with Gasteiger partial charge in [-0.25, -0.2) is 0 Å². The van der Waals surface area contributed by atoms with Gasteiger partial charge in [-0.1, -0.05) is 15.9 Å². The molecule has 0 saturated heterocycles. The summed E-state index contributed by atoms with van der Waals surface area (Å²) in [6.45, 7) is -0.00569. The standard InChI is InChI=1S/C19H17BrN2O5/c1-26-12-4-6-15(16(10-12)27-2)21-17(23)7-8-22-18(24)13-5-3-11(20)9-14(13)19(22)25/h3-6,9-10H,7-8H2,1-2H3,(H,21,23). The van der Waals surface area contributed by atoms with E-state index in [9.17, 15) is 14.4 Å². The zero-order valence-electron chi connectivity index (χ0n) is 14.7. The van der Waals surface area contributed by atoms with Crippen LogP contribution in [0.3, 0.4) is 0 Å². The van der Waals surface area contributed by atoms with Crippen molar-refractivity contribution in [2.45, 2.75) is 6.42 Å². The van der Waals surface area contributed by atoms with Crippen molar-refractivity contribution in [2.24, 2.45) is 0 Å². The summed E-state index contributed by atoms with van der Waals surface area (Å²) in [4.78, 5) is 38.2. The van der Waals surface area contributed by atoms with E-state index in [-0.39, 0.29) is 18.9 Å². The molecule has 3 amide bonds. The number of carbonyl (C=O) groups excluding carboxylic acids is 3. The Morgan fingerprint density at radius 3 is 2.48 bits per heavy atom. The van der Waals surface area contributed by atoms with Crippen molar-refractivity contribution in [3.63, 3.8) is 0 Å². The molecule has 0 bridgehead atoms. The van der Waals surface area contributed by atoms with Crippen molar-refractivity contribution in [1.29, 1.82) is 0 Å². The van der Waals surface area contributed by atoms with Gasteiger partial charge < -0.3 is 14.8 Å². The number of methoxy groups -OCH3 is 2. The van der Waals surface area contributed by atoms with Crippen LogP contribution in [0.15, 0.2) is 40.9 Å². The van der Waals surface area contributed by atoms with Crippen LogP contribution in [0.4, 0.5) is 5.69 Å². The Morgan fingerprint density at radius 1 is 1.04 bits per heavy atom. The van der Waals surface area contributed by atoms with E-state index < -0.39 is 11.8 Å². The normalized spacial score (nSPS) is 12.8. The maximum absolute atomic E-state index is 12.4. The van der Waals surface area contributed by atoms with Gasteiger partial charge in [0.1, 0.15) is 11.5 Å². The Hall–Kier alpha value is -2.87. The van der Waals surface area contributed by atoms with Crippen molar-refractivity contribution in [2.75, 3.05) is 26.1 Å². The molecule has 140 valence electrons. The number of ether oxygens (including phenoxy) is 2. The molecule has 0 spiro atoms. The molecule has 0 fully saturated rings. The molecule has 0 unspecified atom stereocenters. The van der Waals surface area contributed by atoms with Gasteiger partial charge in [0, 0.05) is 23.5 Å². The van der Waals surface area contributed by atoms with E-state index >= 15 is 0 Å². The number of nitrogens with zero attached hydrogens (tertiary/aromatic N) is 1. The molecule has 1 heterocycles. The molecule has 0 aliphatic carbocycles. The van der Waals surface area contributed by atoms with Crippen LogP contribution >= 0.6 is 15.9 Å². The fourth-order valence-corrected chi connectivity index (χ4v) is 3.15. The number of fused-ring (bicyclic) bond motifs is 1. The van der Waals surface area contributed by atoms with E-state index in [1.807, 2.05) is 0 Å². The zero-order chi connectivity index (χ0) is 19.6. The minimum Gasteiger partial charge on any atom is -0.497 e. The van der Waals surface area contributed by atoms with Gasteiger partial charge in [0.25, 0.3) is 11.8 Å². The summed E-state index contributed by atoms with van der Waals surface area (Å²) in [6, 6.07) is 9.92. The lowest BCUT2D eigenvalue weighted by Crippen LogP contribution is -2.32. The lowest BCUT2D eigenvalue weighted by molar-refractivity contribution is -0.116. The molecule has 2 aromatic rings. The Morgan fingerprint density at radius 2 is 1.78 bits per heavy atom. The predicted molar refractivity (Wildman–Crippen MR) is 102 cm³/mol. The number of rotatable bonds is 6. The Labute approximate surface area is 164 Å². The van der Waals surface area contributed by atoms with Crippen LogP contribution in [0, 0.1) is 0 Å². The summed E-state index contributed by atoms with van der Waals surface area (Å²) in [5, 5.41) is 2.72. The fourth-order valence-electron chi connectivity index (χ4n) is 2.79. The Balaban J connectivity index is 1.65. The lowest BCUT2D eigenvalue weighted by Gasteiger charge is -2.15. The highest BCUT2D eigenvalue weighted by Gasteiger charge is 2.35. The number of carbonyl (C=O) groups is 3. The second kappa shape index (κ2) is 7.79. The summed E-state index contributed by atoms with van der Waals surface area (Å²) < 4.78 is 11.1. The number of amides is 3. The van der Waals surface area contributed by atoms with Crippen molar-refractivity contribution in [3.8, 4) is 11.5 Å². The summed E-state index contributed by atoms with van der Waals surface area (Å²) in [7, 11) is 3.02. The molecule has 1 N–H and O–H groups in total. The van der Waals surface area contributed by atoms with Crippen LogP contribution in [0.5, 0.6) is 11.5 Å². The minimum absolute atomic E-state index is 0.00569. The number of anilines is 1. The Kier molecular flexibility index (Phi) is 5.46. The summed E-state index contributed by atoms with van der Waals surface area (Å²) in [6.07, 6.45) is -0.0260. The van der Waals surface area contributed by atoms with E-state index in [4.69, 9.17) is 9.47 Å². The van der Waals surface area contributed by atoms with Gasteiger partial charge in [0.05, 0.1) is 31.0 Å². The molecule has 0 radical (unpaired) electrons. The summed E-state index contributed by atoms with van der Waals surface area (Å²) in [5.74, 6) is -0.0741. The molecule has 2 aromatic carbocycles. The van der Waals surface area contributed by atoms with Crippen LogP contribution in [0.1, 0.15) is 27.1 Å². The smallest absolute Gasteiger partial charge is 0.261 e. The third kappa shape index (κ3) is 3.80. The monoisotopic (exact) mass is 432 g/mol. The number of nitrogens with one attached hydrogen (secondary N) is 1. The molecule has 1 aliphatic heterocycles. The molecule has 1 aliphatic rings. The fraction of sp³-hybridized carbons (Fsp3) is 0.211. The molecule has 27 heavy (non-hydrogen) atoms. The summed E-state index contributed by atoms with van der Waals surface area (Å²) >= 11 is 3.29. The lowest BCUT2D eigenvalue weighted by atomic mass is 10.1. The van der Waals surface area contributed by atoms with E-state index in [1.165, 1.54) is 14.2 Å². The molecule has 7 nitrogen and oxygen atoms in total. The van der Waals surface area contributed by atoms with Gasteiger partial charge in [0.15, 0.2) is 0 Å². The van der Waals surface area contributed by atoms with Gasteiger partial charge in [0.2, 0.25) is 5.91 Å². The average Bonchev–Trinajstić information content (AvgIpc) is 2.90. The second-order valence-corrected chi connectivity index (χ2v) is 6.73. The molecular formula is C19H17BrN2O5.